The zero-order chi connectivity index (χ0) is 16.7. The predicted molar refractivity (Wildman–Crippen MR) is 90.8 cm³/mol. The summed E-state index contributed by atoms with van der Waals surface area (Å²) in [4.78, 5) is 14.2. The summed E-state index contributed by atoms with van der Waals surface area (Å²) in [6.45, 7) is 5.39. The van der Waals surface area contributed by atoms with E-state index in [9.17, 15) is 4.79 Å². The van der Waals surface area contributed by atoms with Crippen LogP contribution in [-0.2, 0) is 11.3 Å². The van der Waals surface area contributed by atoms with Crippen LogP contribution in [0.4, 0.5) is 0 Å². The quantitative estimate of drug-likeness (QED) is 0.784. The average molecular weight is 320 g/mol. The smallest absolute Gasteiger partial charge is 0.223 e. The zero-order valence-corrected chi connectivity index (χ0v) is 14.4. The Hall–Kier alpha value is -1.75. The van der Waals surface area contributed by atoms with Gasteiger partial charge in [-0.25, -0.2) is 0 Å². The van der Waals surface area contributed by atoms with Crippen molar-refractivity contribution in [3.63, 3.8) is 0 Å². The molecule has 1 heterocycles. The SMILES string of the molecule is COc1ccc(CNCCC(=O)N2CCCC(C)C2)c(OC)c1. The van der Waals surface area contributed by atoms with Gasteiger partial charge in [0, 0.05) is 44.2 Å². The lowest BCUT2D eigenvalue weighted by Crippen LogP contribution is -2.40. The Bertz CT molecular complexity index is 519. The summed E-state index contributed by atoms with van der Waals surface area (Å²) in [5.41, 5.74) is 1.06. The Kier molecular flexibility index (Phi) is 6.71. The highest BCUT2D eigenvalue weighted by Gasteiger charge is 2.20. The Morgan fingerprint density at radius 3 is 2.87 bits per heavy atom. The number of likely N-dealkylation sites (tertiary alicyclic amines) is 1. The molecule has 128 valence electrons. The number of ether oxygens (including phenoxy) is 2. The average Bonchev–Trinajstić information content (AvgIpc) is 2.58. The fourth-order valence-corrected chi connectivity index (χ4v) is 2.99. The lowest BCUT2D eigenvalue weighted by Gasteiger charge is -2.31. The van der Waals surface area contributed by atoms with Gasteiger partial charge in [0.15, 0.2) is 0 Å². The molecule has 1 aromatic rings. The summed E-state index contributed by atoms with van der Waals surface area (Å²) >= 11 is 0. The van der Waals surface area contributed by atoms with Crippen LogP contribution < -0.4 is 14.8 Å². The fraction of sp³-hybridized carbons (Fsp3) is 0.611. The van der Waals surface area contributed by atoms with Gasteiger partial charge in [-0.3, -0.25) is 4.79 Å². The maximum absolute atomic E-state index is 12.2. The molecule has 2 rings (SSSR count). The molecule has 1 atom stereocenters. The number of hydrogen-bond acceptors (Lipinski definition) is 4. The van der Waals surface area contributed by atoms with E-state index in [1.54, 1.807) is 14.2 Å². The van der Waals surface area contributed by atoms with Crippen LogP contribution in [0.3, 0.4) is 0 Å². The van der Waals surface area contributed by atoms with Crippen molar-refractivity contribution in [2.24, 2.45) is 5.92 Å². The largest absolute Gasteiger partial charge is 0.497 e. The molecule has 1 fully saturated rings. The molecule has 23 heavy (non-hydrogen) atoms. The summed E-state index contributed by atoms with van der Waals surface area (Å²) in [7, 11) is 3.29. The molecule has 0 bridgehead atoms. The third kappa shape index (κ3) is 5.13. The number of amides is 1. The molecule has 0 radical (unpaired) electrons. The van der Waals surface area contributed by atoms with Crippen LogP contribution in [0.2, 0.25) is 0 Å². The van der Waals surface area contributed by atoms with Gasteiger partial charge in [-0.1, -0.05) is 13.0 Å². The minimum absolute atomic E-state index is 0.255. The van der Waals surface area contributed by atoms with E-state index in [0.29, 0.717) is 25.4 Å². The number of benzene rings is 1. The number of rotatable bonds is 7. The van der Waals surface area contributed by atoms with Gasteiger partial charge in [-0.05, 0) is 24.8 Å². The number of carbonyl (C=O) groups excluding carboxylic acids is 1. The standard InChI is InChI=1S/C18H28N2O3/c1-14-5-4-10-20(13-14)18(21)8-9-19-12-15-6-7-16(22-2)11-17(15)23-3/h6-7,11,14,19H,4-5,8-10,12-13H2,1-3H3. The Labute approximate surface area is 139 Å². The molecule has 1 N–H and O–H groups in total. The van der Waals surface area contributed by atoms with Crippen LogP contribution in [-0.4, -0.2) is 44.7 Å². The van der Waals surface area contributed by atoms with Crippen molar-refractivity contribution in [3.05, 3.63) is 23.8 Å². The van der Waals surface area contributed by atoms with Gasteiger partial charge in [-0.2, -0.15) is 0 Å². The number of carbonyl (C=O) groups is 1. The van der Waals surface area contributed by atoms with E-state index in [1.165, 1.54) is 6.42 Å². The first kappa shape index (κ1) is 17.6. The van der Waals surface area contributed by atoms with Crippen LogP contribution in [0.25, 0.3) is 0 Å². The van der Waals surface area contributed by atoms with E-state index in [2.05, 4.69) is 12.2 Å². The van der Waals surface area contributed by atoms with Crippen molar-refractivity contribution in [2.45, 2.75) is 32.7 Å². The highest BCUT2D eigenvalue weighted by molar-refractivity contribution is 5.76. The normalized spacial score (nSPS) is 17.9. The summed E-state index contributed by atoms with van der Waals surface area (Å²) in [5, 5.41) is 3.33. The molecule has 1 saturated heterocycles. The van der Waals surface area contributed by atoms with E-state index >= 15 is 0 Å². The molecule has 1 amide bonds. The maximum atomic E-state index is 12.2. The third-order valence-corrected chi connectivity index (χ3v) is 4.34. The monoisotopic (exact) mass is 320 g/mol. The van der Waals surface area contributed by atoms with Gasteiger partial charge in [0.05, 0.1) is 14.2 Å². The second-order valence-corrected chi connectivity index (χ2v) is 6.19. The molecule has 1 aliphatic rings. The first-order valence-corrected chi connectivity index (χ1v) is 8.33. The summed E-state index contributed by atoms with van der Waals surface area (Å²) < 4.78 is 10.6. The molecule has 1 aromatic carbocycles. The highest BCUT2D eigenvalue weighted by atomic mass is 16.5. The van der Waals surface area contributed by atoms with E-state index in [4.69, 9.17) is 9.47 Å². The van der Waals surface area contributed by atoms with Crippen LogP contribution in [0.15, 0.2) is 18.2 Å². The van der Waals surface area contributed by atoms with Crippen LogP contribution in [0, 0.1) is 5.92 Å². The van der Waals surface area contributed by atoms with Crippen LogP contribution in [0.5, 0.6) is 11.5 Å². The predicted octanol–water partition coefficient (Wildman–Crippen LogP) is 2.44. The second kappa shape index (κ2) is 8.77. The van der Waals surface area contributed by atoms with Crippen molar-refractivity contribution >= 4 is 5.91 Å². The molecule has 0 spiro atoms. The van der Waals surface area contributed by atoms with Gasteiger partial charge in [0.1, 0.15) is 11.5 Å². The minimum Gasteiger partial charge on any atom is -0.497 e. The molecule has 5 nitrogen and oxygen atoms in total. The Balaban J connectivity index is 1.75. The molecule has 1 aliphatic heterocycles. The van der Waals surface area contributed by atoms with Gasteiger partial charge < -0.3 is 19.7 Å². The van der Waals surface area contributed by atoms with Crippen molar-refractivity contribution in [1.29, 1.82) is 0 Å². The van der Waals surface area contributed by atoms with Crippen LogP contribution >= 0.6 is 0 Å². The molecule has 1 unspecified atom stereocenters. The van der Waals surface area contributed by atoms with Gasteiger partial charge in [0.25, 0.3) is 0 Å². The van der Waals surface area contributed by atoms with Gasteiger partial charge >= 0.3 is 0 Å². The van der Waals surface area contributed by atoms with Gasteiger partial charge in [-0.15, -0.1) is 0 Å². The first-order valence-electron chi connectivity index (χ1n) is 8.33. The van der Waals surface area contributed by atoms with E-state index in [-0.39, 0.29) is 5.91 Å². The summed E-state index contributed by atoms with van der Waals surface area (Å²) in [6, 6.07) is 5.77. The topological polar surface area (TPSA) is 50.8 Å². The number of hydrogen-bond donors (Lipinski definition) is 1. The van der Waals surface area contributed by atoms with Crippen molar-refractivity contribution < 1.29 is 14.3 Å². The Morgan fingerprint density at radius 2 is 2.17 bits per heavy atom. The number of nitrogens with zero attached hydrogens (tertiary/aromatic N) is 1. The molecule has 0 aliphatic carbocycles. The van der Waals surface area contributed by atoms with E-state index < -0.39 is 0 Å². The first-order chi connectivity index (χ1) is 11.1. The van der Waals surface area contributed by atoms with Crippen molar-refractivity contribution in [1.82, 2.24) is 10.2 Å². The molecule has 5 heteroatoms. The molecule has 0 saturated carbocycles. The summed E-state index contributed by atoms with van der Waals surface area (Å²) in [6.07, 6.45) is 2.91. The van der Waals surface area contributed by atoms with Crippen LogP contribution in [0.1, 0.15) is 31.7 Å². The number of piperidine rings is 1. The maximum Gasteiger partial charge on any atom is 0.223 e. The number of nitrogens with one attached hydrogen (secondary N) is 1. The molecular formula is C18H28N2O3. The van der Waals surface area contributed by atoms with Crippen molar-refractivity contribution in [2.75, 3.05) is 33.9 Å². The molecule has 0 aromatic heterocycles. The van der Waals surface area contributed by atoms with E-state index in [0.717, 1.165) is 36.6 Å². The van der Waals surface area contributed by atoms with Gasteiger partial charge in [0.2, 0.25) is 5.91 Å². The molecular weight excluding hydrogens is 292 g/mol. The zero-order valence-electron chi connectivity index (χ0n) is 14.4. The minimum atomic E-state index is 0.255. The third-order valence-electron chi connectivity index (χ3n) is 4.34. The second-order valence-electron chi connectivity index (χ2n) is 6.19. The lowest BCUT2D eigenvalue weighted by atomic mass is 10.00. The Morgan fingerprint density at radius 1 is 1.35 bits per heavy atom. The van der Waals surface area contributed by atoms with E-state index in [1.807, 2.05) is 23.1 Å². The highest BCUT2D eigenvalue weighted by Crippen LogP contribution is 2.24. The van der Waals surface area contributed by atoms with Crippen molar-refractivity contribution in [3.8, 4) is 11.5 Å². The number of methoxy groups -OCH3 is 2. The summed E-state index contributed by atoms with van der Waals surface area (Å²) in [5.74, 6) is 2.46. The fourth-order valence-electron chi connectivity index (χ4n) is 2.99. The lowest BCUT2D eigenvalue weighted by molar-refractivity contribution is -0.132.